The Hall–Kier alpha value is -2.74. The van der Waals surface area contributed by atoms with E-state index in [0.717, 1.165) is 5.57 Å². The number of hydrogen-bond donors (Lipinski definition) is 1. The van der Waals surface area contributed by atoms with Gasteiger partial charge in [0.1, 0.15) is 23.2 Å². The number of ketones is 1. The van der Waals surface area contributed by atoms with Crippen molar-refractivity contribution in [2.24, 2.45) is 17.1 Å². The smallest absolute Gasteiger partial charge is 0.205 e. The van der Waals surface area contributed by atoms with Crippen LogP contribution in [0.15, 0.2) is 51.2 Å². The third kappa shape index (κ3) is 2.76. The van der Waals surface area contributed by atoms with E-state index in [9.17, 15) is 10.1 Å². The van der Waals surface area contributed by atoms with Gasteiger partial charge in [-0.05, 0) is 30.5 Å². The number of Topliss-reactive ketones (excluding diaryl/α,β-unsaturated/α-hetero) is 1. The second-order valence-corrected chi connectivity index (χ2v) is 7.11. The number of hydrogen-bond acceptors (Lipinski definition) is 5. The number of carbonyl (C=O) groups excluding carboxylic acids is 1. The summed E-state index contributed by atoms with van der Waals surface area (Å²) in [6.45, 7) is 5.93. The third-order valence-corrected chi connectivity index (χ3v) is 4.44. The van der Waals surface area contributed by atoms with Crippen LogP contribution in [0.5, 0.6) is 0 Å². The van der Waals surface area contributed by atoms with Crippen molar-refractivity contribution in [1.29, 1.82) is 5.26 Å². The number of allylic oxidation sites excluding steroid dienone is 4. The van der Waals surface area contributed by atoms with Gasteiger partial charge in [-0.25, -0.2) is 0 Å². The second kappa shape index (κ2) is 5.72. The van der Waals surface area contributed by atoms with Crippen molar-refractivity contribution in [1.82, 2.24) is 0 Å². The predicted octanol–water partition coefficient (Wildman–Crippen LogP) is 3.67. The lowest BCUT2D eigenvalue weighted by molar-refractivity contribution is -0.119. The van der Waals surface area contributed by atoms with Crippen LogP contribution in [-0.4, -0.2) is 5.78 Å². The number of carbonyl (C=O) groups is 1. The highest BCUT2D eigenvalue weighted by Crippen LogP contribution is 2.46. The van der Waals surface area contributed by atoms with Crippen LogP contribution in [-0.2, 0) is 9.53 Å². The lowest BCUT2D eigenvalue weighted by Gasteiger charge is -2.37. The van der Waals surface area contributed by atoms with E-state index in [1.54, 1.807) is 12.3 Å². The van der Waals surface area contributed by atoms with Crippen LogP contribution < -0.4 is 5.73 Å². The molecule has 2 heterocycles. The van der Waals surface area contributed by atoms with Crippen molar-refractivity contribution >= 4 is 11.9 Å². The standard InChI is InChI=1S/C19H20N2O3/c1-11(7-12-5-4-6-23-12)16-13(10-20)18(21)24-15-9-19(2,3)8-14(22)17(15)16/h4-7,16H,8-9,21H2,1-3H3/b11-7+/t16-/m0/s1. The van der Waals surface area contributed by atoms with Gasteiger partial charge in [0, 0.05) is 18.4 Å². The summed E-state index contributed by atoms with van der Waals surface area (Å²) < 4.78 is 11.0. The summed E-state index contributed by atoms with van der Waals surface area (Å²) >= 11 is 0. The fourth-order valence-electron chi connectivity index (χ4n) is 3.42. The molecule has 2 aliphatic rings. The Morgan fingerprint density at radius 1 is 1.46 bits per heavy atom. The SMILES string of the molecule is C/C(=C\c1ccco1)[C@H]1C(C#N)=C(N)OC2=C1C(=O)CC(C)(C)C2. The number of nitrogens with zero attached hydrogens (tertiary/aromatic N) is 1. The fraction of sp³-hybridized carbons (Fsp3) is 0.368. The summed E-state index contributed by atoms with van der Waals surface area (Å²) in [6.07, 6.45) is 4.46. The topological polar surface area (TPSA) is 89.2 Å². The first kappa shape index (κ1) is 16.1. The molecule has 0 radical (unpaired) electrons. The summed E-state index contributed by atoms with van der Waals surface area (Å²) in [5, 5.41) is 9.53. The minimum atomic E-state index is -0.479. The minimum Gasteiger partial charge on any atom is -0.465 e. The first-order valence-corrected chi connectivity index (χ1v) is 7.88. The molecule has 0 unspecified atom stereocenters. The van der Waals surface area contributed by atoms with E-state index in [4.69, 9.17) is 14.9 Å². The zero-order chi connectivity index (χ0) is 17.5. The maximum atomic E-state index is 12.8. The van der Waals surface area contributed by atoms with Gasteiger partial charge in [-0.1, -0.05) is 19.4 Å². The molecule has 0 saturated carbocycles. The maximum absolute atomic E-state index is 12.8. The van der Waals surface area contributed by atoms with Crippen molar-refractivity contribution in [3.63, 3.8) is 0 Å². The van der Waals surface area contributed by atoms with E-state index in [1.165, 1.54) is 0 Å². The molecule has 0 amide bonds. The lowest BCUT2D eigenvalue weighted by atomic mass is 9.70. The zero-order valence-electron chi connectivity index (χ0n) is 14.1. The van der Waals surface area contributed by atoms with E-state index in [1.807, 2.05) is 32.9 Å². The average Bonchev–Trinajstić information content (AvgIpc) is 2.97. The molecular formula is C19H20N2O3. The van der Waals surface area contributed by atoms with Gasteiger partial charge in [-0.15, -0.1) is 0 Å². The number of furan rings is 1. The molecule has 0 spiro atoms. The largest absolute Gasteiger partial charge is 0.465 e. The average molecular weight is 324 g/mol. The number of ether oxygens (including phenoxy) is 1. The van der Waals surface area contributed by atoms with Gasteiger partial charge in [0.15, 0.2) is 5.78 Å². The molecule has 2 N–H and O–H groups in total. The molecule has 1 atom stereocenters. The maximum Gasteiger partial charge on any atom is 0.205 e. The summed E-state index contributed by atoms with van der Waals surface area (Å²) in [5.41, 5.74) is 7.46. The minimum absolute atomic E-state index is 0.0127. The Morgan fingerprint density at radius 2 is 2.21 bits per heavy atom. The molecule has 1 aliphatic carbocycles. The monoisotopic (exact) mass is 324 g/mol. The van der Waals surface area contributed by atoms with Crippen LogP contribution in [0.2, 0.25) is 0 Å². The summed E-state index contributed by atoms with van der Waals surface area (Å²) in [7, 11) is 0. The predicted molar refractivity (Wildman–Crippen MR) is 88.8 cm³/mol. The van der Waals surface area contributed by atoms with Crippen LogP contribution in [0.1, 0.15) is 39.4 Å². The van der Waals surface area contributed by atoms with Crippen LogP contribution in [0.4, 0.5) is 0 Å². The van der Waals surface area contributed by atoms with Crippen molar-refractivity contribution in [3.05, 3.63) is 52.5 Å². The highest BCUT2D eigenvalue weighted by atomic mass is 16.5. The lowest BCUT2D eigenvalue weighted by Crippen LogP contribution is -2.34. The van der Waals surface area contributed by atoms with Crippen molar-refractivity contribution in [3.8, 4) is 6.07 Å². The first-order valence-electron chi connectivity index (χ1n) is 7.88. The molecule has 0 fully saturated rings. The van der Waals surface area contributed by atoms with Gasteiger partial charge in [-0.3, -0.25) is 4.79 Å². The fourth-order valence-corrected chi connectivity index (χ4v) is 3.42. The van der Waals surface area contributed by atoms with Crippen molar-refractivity contribution < 1.29 is 13.9 Å². The molecule has 3 rings (SSSR count). The van der Waals surface area contributed by atoms with Gasteiger partial charge in [-0.2, -0.15) is 5.26 Å². The summed E-state index contributed by atoms with van der Waals surface area (Å²) in [6, 6.07) is 5.72. The Balaban J connectivity index is 2.12. The molecule has 0 aromatic carbocycles. The molecule has 124 valence electrons. The van der Waals surface area contributed by atoms with Crippen molar-refractivity contribution in [2.75, 3.05) is 0 Å². The molecule has 1 aromatic heterocycles. The normalized spacial score (nSPS) is 23.7. The van der Waals surface area contributed by atoms with Crippen molar-refractivity contribution in [2.45, 2.75) is 33.6 Å². The Morgan fingerprint density at radius 3 is 2.83 bits per heavy atom. The van der Waals surface area contributed by atoms with Gasteiger partial charge in [0.2, 0.25) is 5.88 Å². The molecule has 5 heteroatoms. The number of nitrogens with two attached hydrogens (primary N) is 1. The van der Waals surface area contributed by atoms with Gasteiger partial charge < -0.3 is 14.9 Å². The Kier molecular flexibility index (Phi) is 3.84. The van der Waals surface area contributed by atoms with Crippen LogP contribution >= 0.6 is 0 Å². The van der Waals surface area contributed by atoms with Crippen LogP contribution in [0.3, 0.4) is 0 Å². The quantitative estimate of drug-likeness (QED) is 0.896. The summed E-state index contributed by atoms with van der Waals surface area (Å²) in [4.78, 5) is 12.8. The molecular weight excluding hydrogens is 304 g/mol. The van der Waals surface area contributed by atoms with E-state index < -0.39 is 5.92 Å². The molecule has 1 aromatic rings. The Labute approximate surface area is 141 Å². The molecule has 0 bridgehead atoms. The van der Waals surface area contributed by atoms with E-state index in [2.05, 4.69) is 6.07 Å². The zero-order valence-corrected chi connectivity index (χ0v) is 14.1. The van der Waals surface area contributed by atoms with Gasteiger partial charge in [0.25, 0.3) is 0 Å². The Bertz CT molecular complexity index is 817. The molecule has 5 nitrogen and oxygen atoms in total. The van der Waals surface area contributed by atoms with Gasteiger partial charge >= 0.3 is 0 Å². The molecule has 1 aliphatic heterocycles. The van der Waals surface area contributed by atoms with Crippen LogP contribution in [0, 0.1) is 22.7 Å². The highest BCUT2D eigenvalue weighted by molar-refractivity contribution is 5.99. The number of rotatable bonds is 2. The number of nitriles is 1. The van der Waals surface area contributed by atoms with Gasteiger partial charge in [0.05, 0.1) is 12.2 Å². The second-order valence-electron chi connectivity index (χ2n) is 7.11. The first-order chi connectivity index (χ1) is 11.3. The van der Waals surface area contributed by atoms with E-state index in [-0.39, 0.29) is 22.7 Å². The molecule has 24 heavy (non-hydrogen) atoms. The van der Waals surface area contributed by atoms with Crippen LogP contribution in [0.25, 0.3) is 6.08 Å². The molecule has 0 saturated heterocycles. The summed E-state index contributed by atoms with van der Waals surface area (Å²) in [5.74, 6) is 0.871. The highest BCUT2D eigenvalue weighted by Gasteiger charge is 2.42. The van der Waals surface area contributed by atoms with E-state index >= 15 is 0 Å². The third-order valence-electron chi connectivity index (χ3n) is 4.44. The van der Waals surface area contributed by atoms with E-state index in [0.29, 0.717) is 29.9 Å².